The predicted molar refractivity (Wildman–Crippen MR) is 60.2 cm³/mol. The van der Waals surface area contributed by atoms with Gasteiger partial charge in [0.05, 0.1) is 11.4 Å². The molecule has 1 atom stereocenters. The van der Waals surface area contributed by atoms with Crippen molar-refractivity contribution >= 4 is 23.1 Å². The number of rotatable bonds is 2. The van der Waals surface area contributed by atoms with Crippen molar-refractivity contribution in [3.63, 3.8) is 0 Å². The first-order valence-electron chi connectivity index (χ1n) is 4.65. The zero-order chi connectivity index (χ0) is 9.97. The van der Waals surface area contributed by atoms with Gasteiger partial charge in [-0.1, -0.05) is 0 Å². The molecule has 0 aliphatic carbocycles. The Bertz CT molecular complexity index is 324. The first-order valence-corrected chi connectivity index (χ1v) is 5.80. The summed E-state index contributed by atoms with van der Waals surface area (Å²) in [6, 6.07) is 4.87. The van der Waals surface area contributed by atoms with Crippen LogP contribution in [0.25, 0.3) is 0 Å². The van der Waals surface area contributed by atoms with E-state index in [1.54, 1.807) is 6.07 Å². The number of hydrogen-bond acceptors (Lipinski definition) is 3. The van der Waals surface area contributed by atoms with Gasteiger partial charge in [0.25, 0.3) is 0 Å². The van der Waals surface area contributed by atoms with E-state index >= 15 is 0 Å². The molecule has 1 fully saturated rings. The SMILES string of the molecule is Nc1ccc(F)cc1NC1CCSC1. The smallest absolute Gasteiger partial charge is 0.125 e. The zero-order valence-corrected chi connectivity index (χ0v) is 8.61. The molecule has 2 rings (SSSR count). The summed E-state index contributed by atoms with van der Waals surface area (Å²) in [5.74, 6) is 2.01. The van der Waals surface area contributed by atoms with Crippen LogP contribution in [0.2, 0.25) is 0 Å². The van der Waals surface area contributed by atoms with E-state index in [-0.39, 0.29) is 5.82 Å². The van der Waals surface area contributed by atoms with Crippen molar-refractivity contribution < 1.29 is 4.39 Å². The molecule has 0 bridgehead atoms. The summed E-state index contributed by atoms with van der Waals surface area (Å²) in [5, 5.41) is 3.26. The number of nitrogen functional groups attached to an aromatic ring is 1. The zero-order valence-electron chi connectivity index (χ0n) is 7.79. The Kier molecular flexibility index (Phi) is 2.82. The number of benzene rings is 1. The van der Waals surface area contributed by atoms with E-state index in [0.29, 0.717) is 11.7 Å². The lowest BCUT2D eigenvalue weighted by Gasteiger charge is -2.14. The standard InChI is InChI=1S/C10H13FN2S/c11-7-1-2-9(12)10(5-7)13-8-3-4-14-6-8/h1-2,5,8,13H,3-4,6,12H2. The average molecular weight is 212 g/mol. The molecule has 0 spiro atoms. The van der Waals surface area contributed by atoms with Crippen molar-refractivity contribution in [2.45, 2.75) is 12.5 Å². The normalized spacial score (nSPS) is 21.1. The van der Waals surface area contributed by atoms with Crippen molar-refractivity contribution in [3.05, 3.63) is 24.0 Å². The van der Waals surface area contributed by atoms with Gasteiger partial charge in [0, 0.05) is 11.8 Å². The fraction of sp³-hybridized carbons (Fsp3) is 0.400. The molecule has 1 heterocycles. The molecule has 76 valence electrons. The molecule has 1 aliphatic heterocycles. The Labute approximate surface area is 87.1 Å². The predicted octanol–water partition coefficient (Wildman–Crippen LogP) is 2.33. The van der Waals surface area contributed by atoms with Crippen LogP contribution in [0, 0.1) is 5.82 Å². The molecule has 4 heteroatoms. The molecule has 2 nitrogen and oxygen atoms in total. The Morgan fingerprint density at radius 3 is 3.07 bits per heavy atom. The highest BCUT2D eigenvalue weighted by Crippen LogP contribution is 2.25. The maximum Gasteiger partial charge on any atom is 0.125 e. The van der Waals surface area contributed by atoms with E-state index in [1.165, 1.54) is 17.9 Å². The molecule has 0 aromatic heterocycles. The second-order valence-corrected chi connectivity index (χ2v) is 4.59. The number of anilines is 2. The van der Waals surface area contributed by atoms with Crippen LogP contribution < -0.4 is 11.1 Å². The van der Waals surface area contributed by atoms with E-state index in [1.807, 2.05) is 11.8 Å². The molecule has 0 amide bonds. The summed E-state index contributed by atoms with van der Waals surface area (Å²) >= 11 is 1.91. The van der Waals surface area contributed by atoms with Crippen molar-refractivity contribution in [1.82, 2.24) is 0 Å². The molecular formula is C10H13FN2S. The van der Waals surface area contributed by atoms with Gasteiger partial charge in [0.1, 0.15) is 5.82 Å². The van der Waals surface area contributed by atoms with Crippen LogP contribution in [0.4, 0.5) is 15.8 Å². The number of nitrogens with two attached hydrogens (primary N) is 1. The fourth-order valence-electron chi connectivity index (χ4n) is 1.52. The van der Waals surface area contributed by atoms with Gasteiger partial charge in [-0.15, -0.1) is 0 Å². The van der Waals surface area contributed by atoms with Crippen LogP contribution >= 0.6 is 11.8 Å². The minimum absolute atomic E-state index is 0.243. The Morgan fingerprint density at radius 1 is 1.50 bits per heavy atom. The average Bonchev–Trinajstić information content (AvgIpc) is 2.64. The van der Waals surface area contributed by atoms with E-state index in [2.05, 4.69) is 5.32 Å². The minimum Gasteiger partial charge on any atom is -0.397 e. The van der Waals surface area contributed by atoms with Crippen molar-refractivity contribution in [3.8, 4) is 0 Å². The molecule has 1 unspecified atom stereocenters. The van der Waals surface area contributed by atoms with Crippen LogP contribution in [0.3, 0.4) is 0 Å². The Balaban J connectivity index is 2.10. The lowest BCUT2D eigenvalue weighted by molar-refractivity contribution is 0.628. The summed E-state index contributed by atoms with van der Waals surface area (Å²) in [5.41, 5.74) is 7.07. The molecule has 3 N–H and O–H groups in total. The molecule has 0 radical (unpaired) electrons. The topological polar surface area (TPSA) is 38.0 Å². The van der Waals surface area contributed by atoms with Gasteiger partial charge in [-0.3, -0.25) is 0 Å². The maximum absolute atomic E-state index is 12.9. The van der Waals surface area contributed by atoms with Crippen LogP contribution in [0.1, 0.15) is 6.42 Å². The number of thioether (sulfide) groups is 1. The van der Waals surface area contributed by atoms with Gasteiger partial charge in [0.15, 0.2) is 0 Å². The fourth-order valence-corrected chi connectivity index (χ4v) is 2.67. The summed E-state index contributed by atoms with van der Waals surface area (Å²) in [7, 11) is 0. The number of halogens is 1. The van der Waals surface area contributed by atoms with Crippen LogP contribution in [0.15, 0.2) is 18.2 Å². The monoisotopic (exact) mass is 212 g/mol. The third-order valence-corrected chi connectivity index (χ3v) is 3.47. The third-order valence-electron chi connectivity index (χ3n) is 2.30. The molecule has 1 saturated heterocycles. The van der Waals surface area contributed by atoms with Gasteiger partial charge in [-0.25, -0.2) is 4.39 Å². The highest BCUT2D eigenvalue weighted by molar-refractivity contribution is 7.99. The Hall–Kier alpha value is -0.900. The Morgan fingerprint density at radius 2 is 2.36 bits per heavy atom. The van der Waals surface area contributed by atoms with Crippen LogP contribution in [0.5, 0.6) is 0 Å². The lowest BCUT2D eigenvalue weighted by atomic mass is 10.2. The van der Waals surface area contributed by atoms with Gasteiger partial charge in [-0.2, -0.15) is 11.8 Å². The van der Waals surface area contributed by atoms with E-state index < -0.39 is 0 Å². The van der Waals surface area contributed by atoms with Gasteiger partial charge in [0.2, 0.25) is 0 Å². The summed E-state index contributed by atoms with van der Waals surface area (Å²) in [6.45, 7) is 0. The number of nitrogens with one attached hydrogen (secondary N) is 1. The highest BCUT2D eigenvalue weighted by atomic mass is 32.2. The first-order chi connectivity index (χ1) is 6.75. The van der Waals surface area contributed by atoms with Crippen molar-refractivity contribution in [2.75, 3.05) is 22.6 Å². The van der Waals surface area contributed by atoms with E-state index in [0.717, 1.165) is 17.9 Å². The largest absolute Gasteiger partial charge is 0.397 e. The van der Waals surface area contributed by atoms with Gasteiger partial charge >= 0.3 is 0 Å². The molecule has 1 aliphatic rings. The minimum atomic E-state index is -0.243. The van der Waals surface area contributed by atoms with Crippen LogP contribution in [-0.4, -0.2) is 17.5 Å². The van der Waals surface area contributed by atoms with Gasteiger partial charge < -0.3 is 11.1 Å². The molecule has 0 saturated carbocycles. The van der Waals surface area contributed by atoms with Crippen molar-refractivity contribution in [1.29, 1.82) is 0 Å². The van der Waals surface area contributed by atoms with Crippen molar-refractivity contribution in [2.24, 2.45) is 0 Å². The third kappa shape index (κ3) is 2.12. The maximum atomic E-state index is 12.9. The summed E-state index contributed by atoms with van der Waals surface area (Å²) < 4.78 is 12.9. The van der Waals surface area contributed by atoms with Gasteiger partial charge in [-0.05, 0) is 30.4 Å². The van der Waals surface area contributed by atoms with E-state index in [9.17, 15) is 4.39 Å². The number of hydrogen-bond donors (Lipinski definition) is 2. The molecular weight excluding hydrogens is 199 g/mol. The quantitative estimate of drug-likeness (QED) is 0.739. The summed E-state index contributed by atoms with van der Waals surface area (Å²) in [6.07, 6.45) is 1.13. The van der Waals surface area contributed by atoms with Crippen LogP contribution in [-0.2, 0) is 0 Å². The molecule has 1 aromatic rings. The second-order valence-electron chi connectivity index (χ2n) is 3.44. The second kappa shape index (κ2) is 4.09. The lowest BCUT2D eigenvalue weighted by Crippen LogP contribution is -2.19. The molecule has 1 aromatic carbocycles. The summed E-state index contributed by atoms with van der Waals surface area (Å²) in [4.78, 5) is 0. The highest BCUT2D eigenvalue weighted by Gasteiger charge is 2.15. The van der Waals surface area contributed by atoms with E-state index in [4.69, 9.17) is 5.73 Å². The molecule has 14 heavy (non-hydrogen) atoms. The first kappa shape index (κ1) is 9.65.